The molecule has 0 aliphatic rings. The van der Waals surface area contributed by atoms with Crippen molar-refractivity contribution >= 4 is 27.6 Å². The average molecular weight is 244 g/mol. The maximum atomic E-state index is 2.55. The van der Waals surface area contributed by atoms with Crippen LogP contribution in [-0.2, 0) is 0 Å². The summed E-state index contributed by atoms with van der Waals surface area (Å²) in [6.07, 6.45) is 5.70. The van der Waals surface area contributed by atoms with E-state index in [2.05, 4.69) is 35.6 Å². The molecule has 0 aromatic heterocycles. The lowest BCUT2D eigenvalue weighted by Crippen LogP contribution is -1.76. The van der Waals surface area contributed by atoms with E-state index in [1.165, 1.54) is 25.4 Å². The topological polar surface area (TPSA) is 0 Å². The van der Waals surface area contributed by atoms with Crippen LogP contribution in [0.1, 0.15) is 26.2 Å². The lowest BCUT2D eigenvalue weighted by Gasteiger charge is -1.99. The smallest absolute Gasteiger partial charge is 0.0238 e. The van der Waals surface area contributed by atoms with E-state index in [-0.39, 0.29) is 0 Å². The summed E-state index contributed by atoms with van der Waals surface area (Å²) in [6.45, 7) is 4.59. The molecule has 0 spiro atoms. The van der Waals surface area contributed by atoms with Gasteiger partial charge in [0.1, 0.15) is 0 Å². The summed E-state index contributed by atoms with van der Waals surface area (Å²) in [5.74, 6) is 0. The zero-order chi connectivity index (χ0) is 6.41. The fourth-order valence-electron chi connectivity index (χ4n) is 0.580. The van der Waals surface area contributed by atoms with Gasteiger partial charge in [0.2, 0.25) is 0 Å². The summed E-state index contributed by atoms with van der Waals surface area (Å²) in [6, 6.07) is 0. The second-order valence-electron chi connectivity index (χ2n) is 2.04. The van der Waals surface area contributed by atoms with Crippen molar-refractivity contribution in [2.75, 3.05) is 12.8 Å². The van der Waals surface area contributed by atoms with Gasteiger partial charge in [-0.1, -0.05) is 41.8 Å². The molecular weight excluding hydrogens is 230 g/mol. The molecule has 0 amide bonds. The van der Waals surface area contributed by atoms with Crippen LogP contribution < -0.4 is 0 Å². The highest BCUT2D eigenvalue weighted by molar-refractivity contribution is 14.2. The molecule has 0 aliphatic heterocycles. The number of unbranched alkanes of at least 4 members (excludes halogenated alkanes) is 2. The molecule has 0 aromatic rings. The van der Waals surface area contributed by atoms with Crippen molar-refractivity contribution in [2.45, 2.75) is 26.2 Å². The van der Waals surface area contributed by atoms with Crippen molar-refractivity contribution < 1.29 is 0 Å². The summed E-state index contributed by atoms with van der Waals surface area (Å²) in [5, 5.41) is 0. The Balaban J connectivity index is 2.72. The van der Waals surface area contributed by atoms with Crippen LogP contribution in [0.5, 0.6) is 0 Å². The van der Waals surface area contributed by atoms with Crippen LogP contribution in [0.25, 0.3) is 0 Å². The second-order valence-corrected chi connectivity index (χ2v) is 8.63. The number of halogens is 1. The number of hydrogen-bond donors (Lipinski definition) is 0. The zero-order valence-electron chi connectivity index (χ0n) is 5.65. The van der Waals surface area contributed by atoms with E-state index in [0.717, 1.165) is 0 Å². The first-order chi connectivity index (χ1) is 3.77. The van der Waals surface area contributed by atoms with E-state index in [4.69, 9.17) is 0 Å². The van der Waals surface area contributed by atoms with Crippen molar-refractivity contribution in [3.63, 3.8) is 0 Å². The lowest BCUT2D eigenvalue weighted by molar-refractivity contribution is 0.777. The SMILES string of the molecule is CCCCCP(C)I. The maximum Gasteiger partial charge on any atom is -0.0238 e. The Morgan fingerprint density at radius 1 is 1.38 bits per heavy atom. The Hall–Kier alpha value is 1.16. The highest BCUT2D eigenvalue weighted by atomic mass is 127. The van der Waals surface area contributed by atoms with Crippen LogP contribution in [0, 0.1) is 0 Å². The van der Waals surface area contributed by atoms with Crippen LogP contribution in [-0.4, -0.2) is 12.8 Å². The summed E-state index contributed by atoms with van der Waals surface area (Å²) in [5.41, 5.74) is 0.358. The predicted molar refractivity (Wildman–Crippen MR) is 51.3 cm³/mol. The quantitative estimate of drug-likeness (QED) is 0.402. The molecular formula is C6H14IP. The first-order valence-corrected chi connectivity index (χ1v) is 7.90. The van der Waals surface area contributed by atoms with Crippen molar-refractivity contribution in [2.24, 2.45) is 0 Å². The molecule has 0 bridgehead atoms. The highest BCUT2D eigenvalue weighted by Gasteiger charge is 1.91. The van der Waals surface area contributed by atoms with E-state index >= 15 is 0 Å². The molecule has 0 aromatic carbocycles. The monoisotopic (exact) mass is 244 g/mol. The van der Waals surface area contributed by atoms with Gasteiger partial charge in [-0.15, -0.1) is 0 Å². The number of hydrogen-bond acceptors (Lipinski definition) is 0. The average Bonchev–Trinajstić information content (AvgIpc) is 1.66. The van der Waals surface area contributed by atoms with Gasteiger partial charge in [0.05, 0.1) is 0 Å². The molecule has 2 heteroatoms. The van der Waals surface area contributed by atoms with Gasteiger partial charge in [-0.05, 0) is 24.8 Å². The van der Waals surface area contributed by atoms with Crippen molar-refractivity contribution in [3.05, 3.63) is 0 Å². The van der Waals surface area contributed by atoms with Crippen LogP contribution in [0.3, 0.4) is 0 Å². The van der Waals surface area contributed by atoms with E-state index in [9.17, 15) is 0 Å². The molecule has 0 fully saturated rings. The number of rotatable bonds is 4. The van der Waals surface area contributed by atoms with E-state index in [0.29, 0.717) is 5.56 Å². The predicted octanol–water partition coefficient (Wildman–Crippen LogP) is 3.64. The second kappa shape index (κ2) is 6.28. The Morgan fingerprint density at radius 3 is 2.38 bits per heavy atom. The molecule has 0 heterocycles. The standard InChI is InChI=1S/C6H14IP/c1-3-4-5-6-8(2)7/h3-6H2,1-2H3. The fourth-order valence-corrected chi connectivity index (χ4v) is 2.26. The first kappa shape index (κ1) is 9.16. The van der Waals surface area contributed by atoms with Crippen LogP contribution in [0.15, 0.2) is 0 Å². The largest absolute Gasteiger partial charge is 0.0654 e. The van der Waals surface area contributed by atoms with E-state index in [1.807, 2.05) is 0 Å². The summed E-state index contributed by atoms with van der Waals surface area (Å²) in [7, 11) is 0. The first-order valence-electron chi connectivity index (χ1n) is 3.14. The van der Waals surface area contributed by atoms with Gasteiger partial charge in [0.25, 0.3) is 0 Å². The summed E-state index contributed by atoms with van der Waals surface area (Å²) >= 11 is 2.55. The minimum absolute atomic E-state index is 0.358. The van der Waals surface area contributed by atoms with Gasteiger partial charge in [-0.3, -0.25) is 0 Å². The molecule has 0 rings (SSSR count). The van der Waals surface area contributed by atoms with Crippen molar-refractivity contribution in [1.29, 1.82) is 0 Å². The maximum absolute atomic E-state index is 2.55. The third-order valence-corrected chi connectivity index (χ3v) is 3.45. The molecule has 0 aliphatic carbocycles. The third kappa shape index (κ3) is 7.16. The van der Waals surface area contributed by atoms with E-state index in [1.54, 1.807) is 0 Å². The molecule has 1 atom stereocenters. The summed E-state index contributed by atoms with van der Waals surface area (Å²) in [4.78, 5) is 0. The van der Waals surface area contributed by atoms with Gasteiger partial charge >= 0.3 is 0 Å². The molecule has 1 unspecified atom stereocenters. The van der Waals surface area contributed by atoms with Crippen molar-refractivity contribution in [3.8, 4) is 0 Å². The molecule has 0 saturated carbocycles. The van der Waals surface area contributed by atoms with Gasteiger partial charge in [-0.2, -0.15) is 0 Å². The lowest BCUT2D eigenvalue weighted by atomic mass is 10.3. The minimum Gasteiger partial charge on any atom is -0.0654 e. The van der Waals surface area contributed by atoms with Gasteiger partial charge < -0.3 is 0 Å². The Morgan fingerprint density at radius 2 is 2.00 bits per heavy atom. The minimum atomic E-state index is 0.358. The highest BCUT2D eigenvalue weighted by Crippen LogP contribution is 2.40. The zero-order valence-corrected chi connectivity index (χ0v) is 8.71. The van der Waals surface area contributed by atoms with Gasteiger partial charge in [0, 0.05) is 0 Å². The van der Waals surface area contributed by atoms with E-state index < -0.39 is 0 Å². The Labute approximate surface area is 66.7 Å². The van der Waals surface area contributed by atoms with Crippen LogP contribution in [0.2, 0.25) is 0 Å². The fraction of sp³-hybridized carbons (Fsp3) is 1.00. The van der Waals surface area contributed by atoms with Crippen LogP contribution >= 0.6 is 27.6 Å². The van der Waals surface area contributed by atoms with Crippen molar-refractivity contribution in [1.82, 2.24) is 0 Å². The molecule has 0 saturated heterocycles. The molecule has 50 valence electrons. The third-order valence-electron chi connectivity index (χ3n) is 1.07. The normalized spacial score (nSPS) is 13.9. The molecule has 0 nitrogen and oxygen atoms in total. The Bertz CT molecular complexity index is 45.8. The van der Waals surface area contributed by atoms with Crippen LogP contribution in [0.4, 0.5) is 0 Å². The molecule has 0 N–H and O–H groups in total. The summed E-state index contributed by atoms with van der Waals surface area (Å²) < 4.78 is 0. The molecule has 0 radical (unpaired) electrons. The molecule has 8 heavy (non-hydrogen) atoms. The van der Waals surface area contributed by atoms with Gasteiger partial charge in [0.15, 0.2) is 0 Å². The Kier molecular flexibility index (Phi) is 7.19. The van der Waals surface area contributed by atoms with Gasteiger partial charge in [-0.25, -0.2) is 0 Å².